The molecule has 1 aliphatic carbocycles. The molecule has 0 spiro atoms. The fraction of sp³-hybridized carbons (Fsp3) is 0.500. The SMILES string of the molecule is O=C(O)[C@@H]1CC[C@H](C(=O)NCC2(c3ccc(F)cc3F)CC2)N1. The lowest BCUT2D eigenvalue weighted by Crippen LogP contribution is -2.46. The molecule has 2 aliphatic rings. The second-order valence-electron chi connectivity index (χ2n) is 6.31. The second-order valence-corrected chi connectivity index (χ2v) is 6.31. The number of nitrogens with one attached hydrogen (secondary N) is 2. The van der Waals surface area contributed by atoms with Crippen LogP contribution in [0, 0.1) is 11.6 Å². The van der Waals surface area contributed by atoms with Gasteiger partial charge in [-0.05, 0) is 37.3 Å². The molecule has 124 valence electrons. The number of aliphatic carboxylic acids is 1. The minimum Gasteiger partial charge on any atom is -0.480 e. The number of hydrogen-bond donors (Lipinski definition) is 3. The molecule has 7 heteroatoms. The molecule has 0 aromatic heterocycles. The van der Waals surface area contributed by atoms with Crippen molar-refractivity contribution in [3.8, 4) is 0 Å². The summed E-state index contributed by atoms with van der Waals surface area (Å²) >= 11 is 0. The molecular formula is C16H18F2N2O3. The highest BCUT2D eigenvalue weighted by molar-refractivity contribution is 5.84. The van der Waals surface area contributed by atoms with Crippen LogP contribution < -0.4 is 10.6 Å². The maximum absolute atomic E-state index is 13.9. The zero-order chi connectivity index (χ0) is 16.6. The molecule has 2 fully saturated rings. The van der Waals surface area contributed by atoms with Gasteiger partial charge in [-0.25, -0.2) is 8.78 Å². The van der Waals surface area contributed by atoms with Gasteiger partial charge in [0.15, 0.2) is 0 Å². The van der Waals surface area contributed by atoms with Gasteiger partial charge in [-0.2, -0.15) is 0 Å². The summed E-state index contributed by atoms with van der Waals surface area (Å²) in [5.41, 5.74) is -0.0554. The van der Waals surface area contributed by atoms with Crippen molar-refractivity contribution in [2.24, 2.45) is 0 Å². The minimum absolute atomic E-state index is 0.268. The van der Waals surface area contributed by atoms with Crippen molar-refractivity contribution >= 4 is 11.9 Å². The normalized spacial score (nSPS) is 25.1. The molecule has 0 radical (unpaired) electrons. The monoisotopic (exact) mass is 324 g/mol. The van der Waals surface area contributed by atoms with E-state index in [9.17, 15) is 18.4 Å². The fourth-order valence-electron chi connectivity index (χ4n) is 3.14. The van der Waals surface area contributed by atoms with E-state index in [0.29, 0.717) is 18.4 Å². The summed E-state index contributed by atoms with van der Waals surface area (Å²) in [6, 6.07) is 2.27. The molecule has 1 aromatic carbocycles. The molecule has 1 saturated carbocycles. The van der Waals surface area contributed by atoms with Gasteiger partial charge in [-0.1, -0.05) is 6.07 Å². The zero-order valence-electron chi connectivity index (χ0n) is 12.4. The third-order valence-corrected chi connectivity index (χ3v) is 4.72. The van der Waals surface area contributed by atoms with E-state index in [1.165, 1.54) is 12.1 Å². The molecule has 1 saturated heterocycles. The van der Waals surface area contributed by atoms with E-state index in [-0.39, 0.29) is 12.5 Å². The first-order valence-electron chi connectivity index (χ1n) is 7.63. The number of rotatable bonds is 5. The van der Waals surface area contributed by atoms with Gasteiger partial charge in [0.05, 0.1) is 6.04 Å². The summed E-state index contributed by atoms with van der Waals surface area (Å²) in [6.45, 7) is 0.268. The van der Waals surface area contributed by atoms with Gasteiger partial charge in [-0.15, -0.1) is 0 Å². The van der Waals surface area contributed by atoms with Gasteiger partial charge in [0.2, 0.25) is 5.91 Å². The highest BCUT2D eigenvalue weighted by Gasteiger charge is 2.46. The largest absolute Gasteiger partial charge is 0.480 e. The van der Waals surface area contributed by atoms with E-state index in [1.54, 1.807) is 0 Å². The number of amides is 1. The smallest absolute Gasteiger partial charge is 0.320 e. The Morgan fingerprint density at radius 2 is 1.96 bits per heavy atom. The van der Waals surface area contributed by atoms with Gasteiger partial charge >= 0.3 is 5.97 Å². The van der Waals surface area contributed by atoms with Gasteiger partial charge in [-0.3, -0.25) is 14.9 Å². The third-order valence-electron chi connectivity index (χ3n) is 4.72. The molecule has 3 rings (SSSR count). The Morgan fingerprint density at radius 3 is 2.52 bits per heavy atom. The number of benzene rings is 1. The second kappa shape index (κ2) is 5.88. The van der Waals surface area contributed by atoms with Crippen molar-refractivity contribution in [2.75, 3.05) is 6.54 Å². The van der Waals surface area contributed by atoms with Crippen molar-refractivity contribution in [1.82, 2.24) is 10.6 Å². The predicted octanol–water partition coefficient (Wildman–Crippen LogP) is 1.32. The number of hydrogen-bond acceptors (Lipinski definition) is 3. The summed E-state index contributed by atoms with van der Waals surface area (Å²) in [4.78, 5) is 23.0. The Bertz CT molecular complexity index is 646. The maximum Gasteiger partial charge on any atom is 0.320 e. The van der Waals surface area contributed by atoms with Crippen LogP contribution in [-0.4, -0.2) is 35.6 Å². The van der Waals surface area contributed by atoms with Crippen LogP contribution in [0.2, 0.25) is 0 Å². The fourth-order valence-corrected chi connectivity index (χ4v) is 3.14. The van der Waals surface area contributed by atoms with E-state index in [2.05, 4.69) is 10.6 Å². The highest BCUT2D eigenvalue weighted by Crippen LogP contribution is 2.48. The number of halogens is 2. The molecule has 3 N–H and O–H groups in total. The van der Waals surface area contributed by atoms with E-state index < -0.39 is 35.1 Å². The van der Waals surface area contributed by atoms with Crippen molar-refractivity contribution in [3.05, 3.63) is 35.4 Å². The average molecular weight is 324 g/mol. The first kappa shape index (κ1) is 15.9. The molecule has 0 unspecified atom stereocenters. The molecule has 1 heterocycles. The lowest BCUT2D eigenvalue weighted by molar-refractivity contribution is -0.139. The van der Waals surface area contributed by atoms with Gasteiger partial charge < -0.3 is 10.4 Å². The van der Waals surface area contributed by atoms with Crippen molar-refractivity contribution in [1.29, 1.82) is 0 Å². The molecule has 2 atom stereocenters. The number of carbonyl (C=O) groups excluding carboxylic acids is 1. The van der Waals surface area contributed by atoms with Crippen LogP contribution in [0.5, 0.6) is 0 Å². The average Bonchev–Trinajstić information content (AvgIpc) is 3.10. The van der Waals surface area contributed by atoms with E-state index >= 15 is 0 Å². The lowest BCUT2D eigenvalue weighted by atomic mass is 9.95. The Labute approximate surface area is 132 Å². The van der Waals surface area contributed by atoms with Gasteiger partial charge in [0, 0.05) is 18.0 Å². The standard InChI is InChI=1S/C16H18F2N2O3/c17-9-1-2-10(11(18)7-9)16(5-6-16)8-19-14(21)12-3-4-13(20-12)15(22)23/h1-2,7,12-13,20H,3-6,8H2,(H,19,21)(H,22,23)/t12-,13+/m1/s1. The van der Waals surface area contributed by atoms with Crippen LogP contribution in [0.15, 0.2) is 18.2 Å². The number of carbonyl (C=O) groups is 2. The molecule has 1 aliphatic heterocycles. The highest BCUT2D eigenvalue weighted by atomic mass is 19.1. The van der Waals surface area contributed by atoms with Crippen LogP contribution in [-0.2, 0) is 15.0 Å². The van der Waals surface area contributed by atoms with Crippen molar-refractivity contribution in [2.45, 2.75) is 43.2 Å². The van der Waals surface area contributed by atoms with Crippen molar-refractivity contribution < 1.29 is 23.5 Å². The lowest BCUT2D eigenvalue weighted by Gasteiger charge is -2.19. The van der Waals surface area contributed by atoms with Crippen LogP contribution in [0.3, 0.4) is 0 Å². The van der Waals surface area contributed by atoms with E-state index in [1.807, 2.05) is 0 Å². The number of carboxylic acids is 1. The number of carboxylic acid groups (broad SMARTS) is 1. The third kappa shape index (κ3) is 3.19. The zero-order valence-corrected chi connectivity index (χ0v) is 12.4. The predicted molar refractivity (Wildman–Crippen MR) is 77.9 cm³/mol. The van der Waals surface area contributed by atoms with E-state index in [4.69, 9.17) is 5.11 Å². The van der Waals surface area contributed by atoms with E-state index in [0.717, 1.165) is 18.9 Å². The minimum atomic E-state index is -0.965. The molecule has 1 aromatic rings. The van der Waals surface area contributed by atoms with Crippen LogP contribution in [0.1, 0.15) is 31.2 Å². The molecule has 0 bridgehead atoms. The first-order chi connectivity index (χ1) is 10.9. The molecule has 1 amide bonds. The molecule has 5 nitrogen and oxygen atoms in total. The quantitative estimate of drug-likeness (QED) is 0.763. The topological polar surface area (TPSA) is 78.4 Å². The first-order valence-corrected chi connectivity index (χ1v) is 7.63. The van der Waals surface area contributed by atoms with Gasteiger partial charge in [0.1, 0.15) is 17.7 Å². The Hall–Kier alpha value is -2.02. The molecule has 23 heavy (non-hydrogen) atoms. The summed E-state index contributed by atoms with van der Waals surface area (Å²) in [5.74, 6) is -2.46. The van der Waals surface area contributed by atoms with Crippen molar-refractivity contribution in [3.63, 3.8) is 0 Å². The Balaban J connectivity index is 1.60. The Morgan fingerprint density at radius 1 is 1.26 bits per heavy atom. The summed E-state index contributed by atoms with van der Waals surface area (Å²) in [6.07, 6.45) is 2.32. The summed E-state index contributed by atoms with van der Waals surface area (Å²) in [7, 11) is 0. The summed E-state index contributed by atoms with van der Waals surface area (Å²) in [5, 5.41) is 14.5. The summed E-state index contributed by atoms with van der Waals surface area (Å²) < 4.78 is 26.9. The van der Waals surface area contributed by atoms with Gasteiger partial charge in [0.25, 0.3) is 0 Å². The van der Waals surface area contributed by atoms with Crippen LogP contribution in [0.4, 0.5) is 8.78 Å². The van der Waals surface area contributed by atoms with Crippen LogP contribution >= 0.6 is 0 Å². The van der Waals surface area contributed by atoms with Crippen LogP contribution in [0.25, 0.3) is 0 Å². The maximum atomic E-state index is 13.9. The molecular weight excluding hydrogens is 306 g/mol. The Kier molecular flexibility index (Phi) is 4.06.